The lowest BCUT2D eigenvalue weighted by Gasteiger charge is -2.26. The van der Waals surface area contributed by atoms with Gasteiger partial charge in [0.1, 0.15) is 5.82 Å². The Morgan fingerprint density at radius 3 is 2.73 bits per heavy atom. The van der Waals surface area contributed by atoms with Crippen molar-refractivity contribution in [1.29, 1.82) is 0 Å². The smallest absolute Gasteiger partial charge is 0.127 e. The van der Waals surface area contributed by atoms with Crippen LogP contribution >= 0.6 is 11.6 Å². The molecule has 0 aromatic heterocycles. The minimum absolute atomic E-state index is 0.119. The molecule has 0 aliphatic rings. The number of hydrogen-bond acceptors (Lipinski definition) is 2. The first-order valence-corrected chi connectivity index (χ1v) is 5.12. The van der Waals surface area contributed by atoms with Gasteiger partial charge in [-0.2, -0.15) is 0 Å². The van der Waals surface area contributed by atoms with Crippen molar-refractivity contribution in [1.82, 2.24) is 5.32 Å². The molecule has 0 unspecified atom stereocenters. The van der Waals surface area contributed by atoms with Gasteiger partial charge in [-0.25, -0.2) is 4.39 Å². The minimum atomic E-state index is -0.405. The summed E-state index contributed by atoms with van der Waals surface area (Å²) >= 11 is 5.82. The monoisotopic (exact) mass is 231 g/mol. The third-order valence-corrected chi connectivity index (χ3v) is 2.57. The molecule has 0 radical (unpaired) electrons. The van der Waals surface area contributed by atoms with E-state index in [1.54, 1.807) is 6.07 Å². The Labute approximate surface area is 94.1 Å². The lowest BCUT2D eigenvalue weighted by atomic mass is 9.84. The van der Waals surface area contributed by atoms with Crippen LogP contribution in [-0.4, -0.2) is 18.4 Å². The molecule has 1 aromatic rings. The second kappa shape index (κ2) is 4.92. The topological polar surface area (TPSA) is 32.3 Å². The van der Waals surface area contributed by atoms with Crippen LogP contribution in [0.25, 0.3) is 0 Å². The lowest BCUT2D eigenvalue weighted by Crippen LogP contribution is -2.34. The summed E-state index contributed by atoms with van der Waals surface area (Å²) in [5.41, 5.74) is 0.147. The third-order valence-electron chi connectivity index (χ3n) is 2.34. The van der Waals surface area contributed by atoms with Crippen molar-refractivity contribution >= 4 is 11.6 Å². The van der Waals surface area contributed by atoms with E-state index in [0.717, 1.165) is 0 Å². The van der Waals surface area contributed by atoms with Gasteiger partial charge in [-0.15, -0.1) is 0 Å². The van der Waals surface area contributed by atoms with Crippen LogP contribution in [0.3, 0.4) is 0 Å². The van der Waals surface area contributed by atoms with Crippen molar-refractivity contribution in [2.45, 2.75) is 19.3 Å². The summed E-state index contributed by atoms with van der Waals surface area (Å²) in [6.45, 7) is 4.15. The fourth-order valence-electron chi connectivity index (χ4n) is 1.48. The van der Waals surface area contributed by atoms with Crippen molar-refractivity contribution in [2.24, 2.45) is 0 Å². The first kappa shape index (κ1) is 12.4. The maximum atomic E-state index is 13.5. The highest BCUT2D eigenvalue weighted by molar-refractivity contribution is 6.30. The molecule has 0 spiro atoms. The highest BCUT2D eigenvalue weighted by Gasteiger charge is 2.23. The summed E-state index contributed by atoms with van der Waals surface area (Å²) in [7, 11) is 0. The minimum Gasteiger partial charge on any atom is -0.381 e. The van der Waals surface area contributed by atoms with Crippen molar-refractivity contribution in [3.8, 4) is 0 Å². The predicted octanol–water partition coefficient (Wildman–Crippen LogP) is 2.30. The normalized spacial score (nSPS) is 11.8. The molecule has 0 saturated carbocycles. The summed E-state index contributed by atoms with van der Waals surface area (Å²) in [4.78, 5) is 0. The number of nitrogens with one attached hydrogen (secondary N) is 1. The van der Waals surface area contributed by atoms with Crippen LogP contribution in [0.15, 0.2) is 18.2 Å². The second-order valence-corrected chi connectivity index (χ2v) is 4.53. The Bertz CT molecular complexity index is 341. The Kier molecular flexibility index (Phi) is 4.08. The molecule has 1 rings (SSSR count). The van der Waals surface area contributed by atoms with Gasteiger partial charge >= 0.3 is 0 Å². The Hall–Kier alpha value is -0.640. The standard InChI is InChI=1S/C11H15ClFNO/c1-11(2,6-14-7-15)9-5-8(12)3-4-10(9)13/h3-5,14-15H,6-7H2,1-2H3. The van der Waals surface area contributed by atoms with Gasteiger partial charge in [-0.3, -0.25) is 5.32 Å². The zero-order chi connectivity index (χ0) is 11.5. The molecule has 0 saturated heterocycles. The van der Waals surface area contributed by atoms with Crippen LogP contribution in [-0.2, 0) is 5.41 Å². The molecule has 1 aromatic carbocycles. The predicted molar refractivity (Wildman–Crippen MR) is 59.5 cm³/mol. The molecule has 15 heavy (non-hydrogen) atoms. The summed E-state index contributed by atoms with van der Waals surface area (Å²) < 4.78 is 13.5. The van der Waals surface area contributed by atoms with Gasteiger partial charge < -0.3 is 5.11 Å². The number of benzene rings is 1. The van der Waals surface area contributed by atoms with E-state index >= 15 is 0 Å². The average Bonchev–Trinajstić information content (AvgIpc) is 2.18. The van der Waals surface area contributed by atoms with E-state index < -0.39 is 5.41 Å². The fourth-order valence-corrected chi connectivity index (χ4v) is 1.65. The van der Waals surface area contributed by atoms with E-state index in [0.29, 0.717) is 17.1 Å². The molecule has 0 aliphatic carbocycles. The lowest BCUT2D eigenvalue weighted by molar-refractivity contribution is 0.246. The quantitative estimate of drug-likeness (QED) is 0.780. The number of aliphatic hydroxyl groups excluding tert-OH is 1. The van der Waals surface area contributed by atoms with Crippen LogP contribution < -0.4 is 5.32 Å². The molecular formula is C11H15ClFNO. The van der Waals surface area contributed by atoms with Crippen molar-refractivity contribution in [3.63, 3.8) is 0 Å². The second-order valence-electron chi connectivity index (χ2n) is 4.09. The Morgan fingerprint density at radius 2 is 2.13 bits per heavy atom. The van der Waals surface area contributed by atoms with E-state index in [4.69, 9.17) is 16.7 Å². The summed E-state index contributed by atoms with van der Waals surface area (Å²) in [6.07, 6.45) is 0. The zero-order valence-corrected chi connectivity index (χ0v) is 9.61. The van der Waals surface area contributed by atoms with Crippen molar-refractivity contribution < 1.29 is 9.50 Å². The van der Waals surface area contributed by atoms with Crippen LogP contribution in [0.2, 0.25) is 5.02 Å². The molecule has 0 amide bonds. The van der Waals surface area contributed by atoms with Gasteiger partial charge in [0.15, 0.2) is 0 Å². The molecule has 0 heterocycles. The van der Waals surface area contributed by atoms with Crippen LogP contribution in [0.5, 0.6) is 0 Å². The van der Waals surface area contributed by atoms with E-state index in [2.05, 4.69) is 5.32 Å². The molecule has 2 nitrogen and oxygen atoms in total. The van der Waals surface area contributed by atoms with Gasteiger partial charge in [0, 0.05) is 17.0 Å². The maximum absolute atomic E-state index is 13.5. The fraction of sp³-hybridized carbons (Fsp3) is 0.455. The summed E-state index contributed by atoms with van der Waals surface area (Å²) in [6, 6.07) is 4.50. The number of aliphatic hydroxyl groups is 1. The van der Waals surface area contributed by atoms with Gasteiger partial charge in [-0.1, -0.05) is 25.4 Å². The van der Waals surface area contributed by atoms with E-state index in [1.165, 1.54) is 12.1 Å². The average molecular weight is 232 g/mol. The first-order chi connectivity index (χ1) is 6.97. The van der Waals surface area contributed by atoms with E-state index in [1.807, 2.05) is 13.8 Å². The van der Waals surface area contributed by atoms with Crippen LogP contribution in [0, 0.1) is 5.82 Å². The molecule has 4 heteroatoms. The first-order valence-electron chi connectivity index (χ1n) is 4.74. The molecule has 84 valence electrons. The van der Waals surface area contributed by atoms with Crippen molar-refractivity contribution in [2.75, 3.05) is 13.3 Å². The van der Waals surface area contributed by atoms with E-state index in [9.17, 15) is 4.39 Å². The van der Waals surface area contributed by atoms with Crippen LogP contribution in [0.4, 0.5) is 4.39 Å². The zero-order valence-electron chi connectivity index (χ0n) is 8.85. The summed E-state index contributed by atoms with van der Waals surface area (Å²) in [5, 5.41) is 12.0. The SMILES string of the molecule is CC(C)(CNCO)c1cc(Cl)ccc1F. The molecule has 0 atom stereocenters. The highest BCUT2D eigenvalue weighted by atomic mass is 35.5. The molecule has 0 fully saturated rings. The highest BCUT2D eigenvalue weighted by Crippen LogP contribution is 2.27. The maximum Gasteiger partial charge on any atom is 0.127 e. The van der Waals surface area contributed by atoms with Gasteiger partial charge in [0.2, 0.25) is 0 Å². The Morgan fingerprint density at radius 1 is 1.47 bits per heavy atom. The molecule has 0 aliphatic heterocycles. The van der Waals surface area contributed by atoms with Crippen LogP contribution in [0.1, 0.15) is 19.4 Å². The summed E-state index contributed by atoms with van der Waals surface area (Å²) in [5.74, 6) is -0.274. The number of hydrogen-bond donors (Lipinski definition) is 2. The molecule has 2 N–H and O–H groups in total. The van der Waals surface area contributed by atoms with Gasteiger partial charge in [0.25, 0.3) is 0 Å². The van der Waals surface area contributed by atoms with Gasteiger partial charge in [0.05, 0.1) is 6.73 Å². The van der Waals surface area contributed by atoms with Gasteiger partial charge in [-0.05, 0) is 23.8 Å². The molecule has 0 bridgehead atoms. The number of rotatable bonds is 4. The van der Waals surface area contributed by atoms with E-state index in [-0.39, 0.29) is 12.5 Å². The Balaban J connectivity index is 2.97. The van der Waals surface area contributed by atoms with Crippen molar-refractivity contribution in [3.05, 3.63) is 34.6 Å². The largest absolute Gasteiger partial charge is 0.381 e. The molecular weight excluding hydrogens is 217 g/mol. The number of halogens is 2. The third kappa shape index (κ3) is 3.16.